The van der Waals surface area contributed by atoms with Crippen molar-refractivity contribution in [2.75, 3.05) is 0 Å². The van der Waals surface area contributed by atoms with Crippen molar-refractivity contribution >= 4 is 11.8 Å². The number of nitrogens with two attached hydrogens (primary N) is 2. The van der Waals surface area contributed by atoms with Gasteiger partial charge in [-0.1, -0.05) is 13.8 Å². The highest BCUT2D eigenvalue weighted by molar-refractivity contribution is 5.87. The first-order chi connectivity index (χ1) is 6.82. The topological polar surface area (TPSA) is 98.2 Å². The molecule has 2 amide bonds. The summed E-state index contributed by atoms with van der Waals surface area (Å²) in [5, 5.41) is 2.74. The van der Waals surface area contributed by atoms with Crippen LogP contribution in [0.1, 0.15) is 33.6 Å². The monoisotopic (exact) mass is 215 g/mol. The molecule has 0 saturated heterocycles. The third-order valence-corrected chi connectivity index (χ3v) is 1.97. The van der Waals surface area contributed by atoms with Gasteiger partial charge in [0.2, 0.25) is 11.8 Å². The zero-order chi connectivity index (χ0) is 12.0. The summed E-state index contributed by atoms with van der Waals surface area (Å²) >= 11 is 0. The SMILES string of the molecule is CC(C)CC(C)NC(=O)C(N)CC(N)=O. The summed E-state index contributed by atoms with van der Waals surface area (Å²) in [6.07, 6.45) is 0.773. The number of primary amides is 1. The first kappa shape index (κ1) is 13.9. The van der Waals surface area contributed by atoms with Crippen LogP contribution in [-0.2, 0) is 9.59 Å². The third-order valence-electron chi connectivity index (χ3n) is 1.97. The van der Waals surface area contributed by atoms with Crippen LogP contribution < -0.4 is 16.8 Å². The lowest BCUT2D eigenvalue weighted by molar-refractivity contribution is -0.126. The molecule has 2 atom stereocenters. The van der Waals surface area contributed by atoms with E-state index in [-0.39, 0.29) is 18.4 Å². The van der Waals surface area contributed by atoms with Gasteiger partial charge < -0.3 is 16.8 Å². The van der Waals surface area contributed by atoms with Gasteiger partial charge in [-0.2, -0.15) is 0 Å². The van der Waals surface area contributed by atoms with Gasteiger partial charge >= 0.3 is 0 Å². The summed E-state index contributed by atoms with van der Waals surface area (Å²) in [7, 11) is 0. The number of carbonyl (C=O) groups is 2. The van der Waals surface area contributed by atoms with Gasteiger partial charge in [0.15, 0.2) is 0 Å². The number of carbonyl (C=O) groups excluding carboxylic acids is 2. The lowest BCUT2D eigenvalue weighted by Crippen LogP contribution is -2.46. The van der Waals surface area contributed by atoms with Crippen LogP contribution in [-0.4, -0.2) is 23.9 Å². The van der Waals surface area contributed by atoms with Gasteiger partial charge in [-0.25, -0.2) is 0 Å². The zero-order valence-electron chi connectivity index (χ0n) is 9.62. The minimum absolute atomic E-state index is 0.0661. The summed E-state index contributed by atoms with van der Waals surface area (Å²) in [5.41, 5.74) is 10.4. The molecule has 5 N–H and O–H groups in total. The molecule has 0 aromatic carbocycles. The highest BCUT2D eigenvalue weighted by Gasteiger charge is 2.17. The molecule has 2 unspecified atom stereocenters. The molecular weight excluding hydrogens is 194 g/mol. The van der Waals surface area contributed by atoms with E-state index in [0.29, 0.717) is 5.92 Å². The maximum Gasteiger partial charge on any atom is 0.237 e. The van der Waals surface area contributed by atoms with Crippen molar-refractivity contribution in [1.82, 2.24) is 5.32 Å². The Morgan fingerprint density at radius 1 is 1.27 bits per heavy atom. The molecule has 0 radical (unpaired) electrons. The van der Waals surface area contributed by atoms with E-state index < -0.39 is 11.9 Å². The average molecular weight is 215 g/mol. The van der Waals surface area contributed by atoms with E-state index in [1.807, 2.05) is 6.92 Å². The van der Waals surface area contributed by atoms with Crippen molar-refractivity contribution in [1.29, 1.82) is 0 Å². The predicted octanol–water partition coefficient (Wildman–Crippen LogP) is -0.260. The third kappa shape index (κ3) is 6.90. The minimum atomic E-state index is -0.836. The molecule has 0 spiro atoms. The molecule has 0 saturated carbocycles. The van der Waals surface area contributed by atoms with Crippen molar-refractivity contribution in [3.05, 3.63) is 0 Å². The second kappa shape index (κ2) is 6.40. The molecule has 0 rings (SSSR count). The molecule has 0 bridgehead atoms. The Morgan fingerprint density at radius 3 is 2.20 bits per heavy atom. The zero-order valence-corrected chi connectivity index (χ0v) is 9.62. The normalized spacial score (nSPS) is 14.7. The molecule has 0 heterocycles. The summed E-state index contributed by atoms with van der Waals surface area (Å²) < 4.78 is 0. The maximum absolute atomic E-state index is 11.4. The molecule has 88 valence electrons. The summed E-state index contributed by atoms with van der Waals surface area (Å²) in [6.45, 7) is 6.06. The van der Waals surface area contributed by atoms with E-state index in [0.717, 1.165) is 6.42 Å². The van der Waals surface area contributed by atoms with Gasteiger partial charge in [0.05, 0.1) is 12.5 Å². The van der Waals surface area contributed by atoms with Crippen LogP contribution in [0.3, 0.4) is 0 Å². The van der Waals surface area contributed by atoms with E-state index in [1.54, 1.807) is 0 Å². The van der Waals surface area contributed by atoms with Crippen LogP contribution in [0.4, 0.5) is 0 Å². The first-order valence-corrected chi connectivity index (χ1v) is 5.17. The highest BCUT2D eigenvalue weighted by Crippen LogP contribution is 2.03. The minimum Gasteiger partial charge on any atom is -0.370 e. The Kier molecular flexibility index (Phi) is 5.93. The Balaban J connectivity index is 3.95. The van der Waals surface area contributed by atoms with Crippen LogP contribution in [0, 0.1) is 5.92 Å². The van der Waals surface area contributed by atoms with E-state index in [2.05, 4.69) is 19.2 Å². The van der Waals surface area contributed by atoms with Crippen molar-refractivity contribution in [3.63, 3.8) is 0 Å². The fourth-order valence-electron chi connectivity index (χ4n) is 1.43. The van der Waals surface area contributed by atoms with Crippen LogP contribution in [0.15, 0.2) is 0 Å². The van der Waals surface area contributed by atoms with Crippen LogP contribution in [0.2, 0.25) is 0 Å². The largest absolute Gasteiger partial charge is 0.370 e. The van der Waals surface area contributed by atoms with Gasteiger partial charge in [-0.3, -0.25) is 9.59 Å². The van der Waals surface area contributed by atoms with Crippen molar-refractivity contribution in [2.24, 2.45) is 17.4 Å². The lowest BCUT2D eigenvalue weighted by Gasteiger charge is -2.18. The van der Waals surface area contributed by atoms with E-state index >= 15 is 0 Å². The molecule has 5 heteroatoms. The fraction of sp³-hybridized carbons (Fsp3) is 0.800. The number of amides is 2. The Hall–Kier alpha value is -1.10. The van der Waals surface area contributed by atoms with Gasteiger partial charge in [0.1, 0.15) is 0 Å². The molecule has 0 aromatic heterocycles. The first-order valence-electron chi connectivity index (χ1n) is 5.17. The molecule has 5 nitrogen and oxygen atoms in total. The number of hydrogen-bond donors (Lipinski definition) is 3. The fourth-order valence-corrected chi connectivity index (χ4v) is 1.43. The van der Waals surface area contributed by atoms with Crippen molar-refractivity contribution < 1.29 is 9.59 Å². The van der Waals surface area contributed by atoms with Gasteiger partial charge in [0.25, 0.3) is 0 Å². The molecule has 0 aliphatic heterocycles. The Morgan fingerprint density at radius 2 is 1.80 bits per heavy atom. The molecule has 0 fully saturated rings. The van der Waals surface area contributed by atoms with Crippen molar-refractivity contribution in [3.8, 4) is 0 Å². The molecule has 15 heavy (non-hydrogen) atoms. The summed E-state index contributed by atoms with van der Waals surface area (Å²) in [4.78, 5) is 22.0. The molecular formula is C10H21N3O2. The van der Waals surface area contributed by atoms with E-state index in [9.17, 15) is 9.59 Å². The predicted molar refractivity (Wildman–Crippen MR) is 58.8 cm³/mol. The standard InChI is InChI=1S/C10H21N3O2/c1-6(2)4-7(3)13-10(15)8(11)5-9(12)14/h6-8H,4-5,11H2,1-3H3,(H2,12,14)(H,13,15). The number of nitrogens with one attached hydrogen (secondary N) is 1. The molecule has 0 aliphatic rings. The van der Waals surface area contributed by atoms with Crippen LogP contribution in [0.5, 0.6) is 0 Å². The summed E-state index contributed by atoms with van der Waals surface area (Å²) in [5.74, 6) is -0.372. The number of rotatable bonds is 6. The van der Waals surface area contributed by atoms with Gasteiger partial charge in [-0.15, -0.1) is 0 Å². The second-order valence-electron chi connectivity index (χ2n) is 4.32. The maximum atomic E-state index is 11.4. The molecule has 0 aliphatic carbocycles. The smallest absolute Gasteiger partial charge is 0.237 e. The quantitative estimate of drug-likeness (QED) is 0.569. The van der Waals surface area contributed by atoms with Crippen molar-refractivity contribution in [2.45, 2.75) is 45.7 Å². The Labute approximate surface area is 90.6 Å². The summed E-state index contributed by atoms with van der Waals surface area (Å²) in [6, 6.07) is -0.770. The molecule has 0 aromatic rings. The lowest BCUT2D eigenvalue weighted by atomic mass is 10.0. The Bertz CT molecular complexity index is 229. The highest BCUT2D eigenvalue weighted by atomic mass is 16.2. The van der Waals surface area contributed by atoms with E-state index in [4.69, 9.17) is 11.5 Å². The van der Waals surface area contributed by atoms with E-state index in [1.165, 1.54) is 0 Å². The number of hydrogen-bond acceptors (Lipinski definition) is 3. The average Bonchev–Trinajstić information content (AvgIpc) is 2.00. The van der Waals surface area contributed by atoms with Crippen LogP contribution in [0.25, 0.3) is 0 Å². The van der Waals surface area contributed by atoms with Crippen LogP contribution >= 0.6 is 0 Å². The van der Waals surface area contributed by atoms with Gasteiger partial charge in [0, 0.05) is 6.04 Å². The van der Waals surface area contributed by atoms with Gasteiger partial charge in [-0.05, 0) is 19.3 Å². The second-order valence-corrected chi connectivity index (χ2v) is 4.32.